The Labute approximate surface area is 100 Å². The average Bonchev–Trinajstić information content (AvgIpc) is 2.26. The van der Waals surface area contributed by atoms with Gasteiger partial charge in [-0.3, -0.25) is 9.78 Å². The van der Waals surface area contributed by atoms with E-state index in [0.717, 1.165) is 6.20 Å². The van der Waals surface area contributed by atoms with Crippen LogP contribution < -0.4 is 0 Å². The van der Waals surface area contributed by atoms with Gasteiger partial charge in [0.1, 0.15) is 6.07 Å². The summed E-state index contributed by atoms with van der Waals surface area (Å²) in [4.78, 5) is 14.1. The molecule has 7 heteroatoms. The Balaban J connectivity index is 3.38. The van der Waals surface area contributed by atoms with Crippen molar-refractivity contribution in [3.63, 3.8) is 0 Å². The second-order valence-corrected chi connectivity index (χ2v) is 3.40. The SMILES string of the molecule is N#Cc1c(CC(=O)O)ncc(C(F)F)c1CCl. The number of carboxylic acids is 1. The number of nitrogens with zero attached hydrogens (tertiary/aromatic N) is 2. The summed E-state index contributed by atoms with van der Waals surface area (Å²) in [6.07, 6.45) is -2.44. The van der Waals surface area contributed by atoms with Crippen LogP contribution in [0.4, 0.5) is 8.78 Å². The van der Waals surface area contributed by atoms with Gasteiger partial charge in [-0.1, -0.05) is 0 Å². The molecule has 0 atom stereocenters. The number of aromatic nitrogens is 1. The van der Waals surface area contributed by atoms with Gasteiger partial charge in [0.15, 0.2) is 0 Å². The first-order valence-corrected chi connectivity index (χ1v) is 5.01. The highest BCUT2D eigenvalue weighted by Gasteiger charge is 2.20. The lowest BCUT2D eigenvalue weighted by molar-refractivity contribution is -0.136. The molecule has 17 heavy (non-hydrogen) atoms. The van der Waals surface area contributed by atoms with Crippen LogP contribution in [-0.2, 0) is 17.1 Å². The zero-order valence-corrected chi connectivity index (χ0v) is 9.21. The minimum atomic E-state index is -2.80. The summed E-state index contributed by atoms with van der Waals surface area (Å²) in [5, 5.41) is 17.5. The Kier molecular flexibility index (Phi) is 4.35. The van der Waals surface area contributed by atoms with Crippen molar-refractivity contribution in [1.29, 1.82) is 5.26 Å². The Bertz CT molecular complexity index is 486. The predicted molar refractivity (Wildman–Crippen MR) is 54.8 cm³/mol. The van der Waals surface area contributed by atoms with Crippen molar-refractivity contribution in [3.8, 4) is 6.07 Å². The largest absolute Gasteiger partial charge is 0.481 e. The van der Waals surface area contributed by atoms with Crippen molar-refractivity contribution in [2.75, 3.05) is 0 Å². The molecule has 0 saturated heterocycles. The van der Waals surface area contributed by atoms with Crippen LogP contribution in [-0.4, -0.2) is 16.1 Å². The van der Waals surface area contributed by atoms with Crippen LogP contribution in [0.1, 0.15) is 28.8 Å². The first-order chi connectivity index (χ1) is 8.01. The molecule has 0 amide bonds. The number of rotatable bonds is 4. The smallest absolute Gasteiger partial charge is 0.309 e. The topological polar surface area (TPSA) is 74.0 Å². The molecule has 0 aliphatic carbocycles. The number of pyridine rings is 1. The lowest BCUT2D eigenvalue weighted by atomic mass is 10.0. The van der Waals surface area contributed by atoms with Gasteiger partial charge in [0.05, 0.1) is 17.7 Å². The number of hydrogen-bond donors (Lipinski definition) is 1. The highest BCUT2D eigenvalue weighted by Crippen LogP contribution is 2.27. The van der Waals surface area contributed by atoms with E-state index in [2.05, 4.69) is 4.98 Å². The Hall–Kier alpha value is -1.74. The number of nitriles is 1. The predicted octanol–water partition coefficient (Wildman–Crippen LogP) is 2.26. The molecule has 0 spiro atoms. The Morgan fingerprint density at radius 3 is 2.71 bits per heavy atom. The van der Waals surface area contributed by atoms with Gasteiger partial charge in [-0.05, 0) is 5.56 Å². The molecule has 0 radical (unpaired) electrons. The molecule has 1 rings (SSSR count). The minimum absolute atomic E-state index is 0.0555. The zero-order chi connectivity index (χ0) is 13.0. The van der Waals surface area contributed by atoms with E-state index in [4.69, 9.17) is 22.0 Å². The van der Waals surface area contributed by atoms with Gasteiger partial charge in [0, 0.05) is 17.6 Å². The van der Waals surface area contributed by atoms with Crippen molar-refractivity contribution in [2.24, 2.45) is 0 Å². The second-order valence-electron chi connectivity index (χ2n) is 3.13. The molecule has 4 nitrogen and oxygen atoms in total. The van der Waals surface area contributed by atoms with Crippen molar-refractivity contribution in [2.45, 2.75) is 18.7 Å². The van der Waals surface area contributed by atoms with Gasteiger partial charge in [0.25, 0.3) is 6.43 Å². The molecule has 0 saturated carbocycles. The molecule has 1 aromatic rings. The van der Waals surface area contributed by atoms with Crippen LogP contribution in [0.3, 0.4) is 0 Å². The van der Waals surface area contributed by atoms with E-state index in [9.17, 15) is 13.6 Å². The lowest BCUT2D eigenvalue weighted by Crippen LogP contribution is -2.09. The highest BCUT2D eigenvalue weighted by atomic mass is 35.5. The van der Waals surface area contributed by atoms with Crippen LogP contribution in [0.2, 0.25) is 0 Å². The summed E-state index contributed by atoms with van der Waals surface area (Å²) in [5.74, 6) is -1.49. The molecular formula is C10H7ClF2N2O2. The van der Waals surface area contributed by atoms with E-state index >= 15 is 0 Å². The molecule has 1 heterocycles. The summed E-state index contributed by atoms with van der Waals surface area (Å²) in [6, 6.07) is 1.67. The van der Waals surface area contributed by atoms with E-state index < -0.39 is 24.4 Å². The van der Waals surface area contributed by atoms with E-state index in [1.807, 2.05) is 0 Å². The van der Waals surface area contributed by atoms with Crippen LogP contribution in [0, 0.1) is 11.3 Å². The summed E-state index contributed by atoms with van der Waals surface area (Å²) in [5.41, 5.74) is -0.735. The first-order valence-electron chi connectivity index (χ1n) is 4.47. The first kappa shape index (κ1) is 13.3. The van der Waals surface area contributed by atoms with Crippen LogP contribution in [0.5, 0.6) is 0 Å². The van der Waals surface area contributed by atoms with Gasteiger partial charge in [0.2, 0.25) is 0 Å². The molecule has 0 unspecified atom stereocenters. The van der Waals surface area contributed by atoms with Gasteiger partial charge in [-0.2, -0.15) is 5.26 Å². The molecule has 0 fully saturated rings. The number of alkyl halides is 3. The quantitative estimate of drug-likeness (QED) is 0.843. The number of halogens is 3. The molecule has 90 valence electrons. The third-order valence-electron chi connectivity index (χ3n) is 2.10. The number of carbonyl (C=O) groups is 1. The molecule has 0 bridgehead atoms. The highest BCUT2D eigenvalue weighted by molar-refractivity contribution is 6.17. The number of hydrogen-bond acceptors (Lipinski definition) is 3. The van der Waals surface area contributed by atoms with Crippen molar-refractivity contribution < 1.29 is 18.7 Å². The third-order valence-corrected chi connectivity index (χ3v) is 2.36. The number of aliphatic carboxylic acids is 1. The van der Waals surface area contributed by atoms with E-state index in [-0.39, 0.29) is 22.7 Å². The maximum absolute atomic E-state index is 12.6. The lowest BCUT2D eigenvalue weighted by Gasteiger charge is -2.10. The molecule has 1 N–H and O–H groups in total. The van der Waals surface area contributed by atoms with E-state index in [1.165, 1.54) is 0 Å². The fourth-order valence-electron chi connectivity index (χ4n) is 1.35. The van der Waals surface area contributed by atoms with Gasteiger partial charge < -0.3 is 5.11 Å². The standard InChI is InChI=1S/C10H7ClF2N2O2/c11-2-5-6(3-14)8(1-9(16)17)15-4-7(5)10(12)13/h4,10H,1-2H2,(H,16,17). The fraction of sp³-hybridized carbons (Fsp3) is 0.300. The molecule has 1 aromatic heterocycles. The minimum Gasteiger partial charge on any atom is -0.481 e. The molecule has 0 aliphatic rings. The zero-order valence-electron chi connectivity index (χ0n) is 8.45. The Morgan fingerprint density at radius 2 is 2.29 bits per heavy atom. The maximum atomic E-state index is 12.6. The van der Waals surface area contributed by atoms with Crippen LogP contribution in [0.15, 0.2) is 6.20 Å². The van der Waals surface area contributed by atoms with Gasteiger partial charge in [-0.25, -0.2) is 8.78 Å². The summed E-state index contributed by atoms with van der Waals surface area (Å²) in [6.45, 7) is 0. The van der Waals surface area contributed by atoms with Crippen molar-refractivity contribution in [3.05, 3.63) is 28.6 Å². The van der Waals surface area contributed by atoms with Crippen molar-refractivity contribution >= 4 is 17.6 Å². The maximum Gasteiger partial charge on any atom is 0.309 e. The van der Waals surface area contributed by atoms with Crippen LogP contribution in [0.25, 0.3) is 0 Å². The second kappa shape index (κ2) is 5.55. The summed E-state index contributed by atoms with van der Waals surface area (Å²) in [7, 11) is 0. The molecule has 0 aliphatic heterocycles. The average molecular weight is 261 g/mol. The van der Waals surface area contributed by atoms with Gasteiger partial charge in [-0.15, -0.1) is 11.6 Å². The molecular weight excluding hydrogens is 254 g/mol. The third kappa shape index (κ3) is 2.88. The summed E-state index contributed by atoms with van der Waals surface area (Å²) >= 11 is 5.51. The summed E-state index contributed by atoms with van der Waals surface area (Å²) < 4.78 is 25.2. The fourth-order valence-corrected chi connectivity index (χ4v) is 1.64. The van der Waals surface area contributed by atoms with E-state index in [1.54, 1.807) is 6.07 Å². The molecule has 0 aromatic carbocycles. The van der Waals surface area contributed by atoms with Crippen molar-refractivity contribution in [1.82, 2.24) is 4.98 Å². The van der Waals surface area contributed by atoms with E-state index in [0.29, 0.717) is 0 Å². The normalized spacial score (nSPS) is 10.3. The van der Waals surface area contributed by atoms with Crippen LogP contribution >= 0.6 is 11.6 Å². The van der Waals surface area contributed by atoms with Gasteiger partial charge >= 0.3 is 5.97 Å². The number of carboxylic acid groups (broad SMARTS) is 1. The monoisotopic (exact) mass is 260 g/mol. The Morgan fingerprint density at radius 1 is 1.65 bits per heavy atom.